The van der Waals surface area contributed by atoms with Gasteiger partial charge in [-0.05, 0) is 59.8 Å². The van der Waals surface area contributed by atoms with Gasteiger partial charge < -0.3 is 19.8 Å². The Bertz CT molecular complexity index is 1120. The molecule has 142 valence electrons. The Morgan fingerprint density at radius 2 is 2.07 bits per heavy atom. The molecule has 28 heavy (non-hydrogen) atoms. The molecule has 3 aromatic rings. The molecular weight excluding hydrogens is 392 g/mol. The Labute approximate surface area is 172 Å². The second-order valence-corrected chi connectivity index (χ2v) is 7.88. The number of aromatic amines is 1. The van der Waals surface area contributed by atoms with Crippen molar-refractivity contribution < 1.29 is 14.3 Å². The molecule has 1 aliphatic heterocycles. The van der Waals surface area contributed by atoms with Crippen molar-refractivity contribution in [2.45, 2.75) is 6.92 Å². The van der Waals surface area contributed by atoms with Crippen LogP contribution in [-0.4, -0.2) is 28.9 Å². The van der Waals surface area contributed by atoms with Crippen molar-refractivity contribution in [1.29, 1.82) is 0 Å². The van der Waals surface area contributed by atoms with E-state index in [-0.39, 0.29) is 5.91 Å². The van der Waals surface area contributed by atoms with Crippen LogP contribution in [0, 0.1) is 0 Å². The Morgan fingerprint density at radius 1 is 1.21 bits per heavy atom. The Kier molecular flexibility index (Phi) is 5.11. The Balaban J connectivity index is 1.88. The third-order valence-electron chi connectivity index (χ3n) is 4.39. The van der Waals surface area contributed by atoms with E-state index >= 15 is 0 Å². The van der Waals surface area contributed by atoms with E-state index in [1.54, 1.807) is 7.11 Å². The second-order valence-electron chi connectivity index (χ2n) is 6.16. The number of thioether (sulfide) groups is 1. The predicted molar refractivity (Wildman–Crippen MR) is 118 cm³/mol. The minimum Gasteiger partial charge on any atom is -0.492 e. The summed E-state index contributed by atoms with van der Waals surface area (Å²) in [4.78, 5) is 15.8. The molecule has 1 aromatic heterocycles. The van der Waals surface area contributed by atoms with Crippen LogP contribution < -0.4 is 14.8 Å². The summed E-state index contributed by atoms with van der Waals surface area (Å²) in [5, 5.41) is 3.75. The molecule has 4 rings (SSSR count). The zero-order valence-corrected chi connectivity index (χ0v) is 17.0. The summed E-state index contributed by atoms with van der Waals surface area (Å²) in [5.74, 6) is 1.12. The lowest BCUT2D eigenvalue weighted by molar-refractivity contribution is -0.115. The Morgan fingerprint density at radius 3 is 2.79 bits per heavy atom. The van der Waals surface area contributed by atoms with Gasteiger partial charge in [-0.15, -0.1) is 0 Å². The molecule has 2 aromatic carbocycles. The summed E-state index contributed by atoms with van der Waals surface area (Å²) in [7, 11) is 1.63. The van der Waals surface area contributed by atoms with E-state index in [0.717, 1.165) is 27.6 Å². The number of carbonyl (C=O) groups is 1. The van der Waals surface area contributed by atoms with Crippen LogP contribution in [0.15, 0.2) is 47.5 Å². The van der Waals surface area contributed by atoms with Crippen LogP contribution in [0.3, 0.4) is 0 Å². The minimum absolute atomic E-state index is 0.181. The summed E-state index contributed by atoms with van der Waals surface area (Å²) in [6.07, 6.45) is 3.73. The van der Waals surface area contributed by atoms with Gasteiger partial charge in [-0.2, -0.15) is 0 Å². The van der Waals surface area contributed by atoms with Crippen LogP contribution in [0.1, 0.15) is 12.5 Å². The number of rotatable bonds is 5. The van der Waals surface area contributed by atoms with E-state index < -0.39 is 0 Å². The first-order valence-corrected chi connectivity index (χ1v) is 9.98. The molecule has 0 spiro atoms. The first-order valence-electron chi connectivity index (χ1n) is 8.76. The topological polar surface area (TPSA) is 63.3 Å². The van der Waals surface area contributed by atoms with Gasteiger partial charge in [-0.1, -0.05) is 30.0 Å². The molecule has 0 atom stereocenters. The SMILES string of the molecule is CCOc1cc(C=C2SC(=S)NC2=O)cc(-c2ccc3[nH]ccc3c2)c1OC. The van der Waals surface area contributed by atoms with Gasteiger partial charge >= 0.3 is 0 Å². The third kappa shape index (κ3) is 3.50. The van der Waals surface area contributed by atoms with Gasteiger partial charge in [0.1, 0.15) is 4.32 Å². The highest BCUT2D eigenvalue weighted by Crippen LogP contribution is 2.41. The van der Waals surface area contributed by atoms with Gasteiger partial charge in [0.25, 0.3) is 5.91 Å². The zero-order chi connectivity index (χ0) is 19.7. The summed E-state index contributed by atoms with van der Waals surface area (Å²) in [6.45, 7) is 2.43. The lowest BCUT2D eigenvalue weighted by Gasteiger charge is -2.16. The lowest BCUT2D eigenvalue weighted by atomic mass is 9.99. The molecule has 1 amide bonds. The van der Waals surface area contributed by atoms with Crippen LogP contribution >= 0.6 is 24.0 Å². The smallest absolute Gasteiger partial charge is 0.263 e. The first kappa shape index (κ1) is 18.6. The quantitative estimate of drug-likeness (QED) is 0.470. The normalized spacial score (nSPS) is 15.3. The minimum atomic E-state index is -0.181. The average molecular weight is 411 g/mol. The maximum absolute atomic E-state index is 12.0. The molecule has 2 heterocycles. The summed E-state index contributed by atoms with van der Waals surface area (Å²) in [6, 6.07) is 12.1. The summed E-state index contributed by atoms with van der Waals surface area (Å²) in [5.41, 5.74) is 3.81. The summed E-state index contributed by atoms with van der Waals surface area (Å²) < 4.78 is 12.0. The van der Waals surface area contributed by atoms with Gasteiger partial charge in [0.05, 0.1) is 18.6 Å². The van der Waals surface area contributed by atoms with E-state index in [4.69, 9.17) is 21.7 Å². The molecule has 2 N–H and O–H groups in total. The molecule has 0 bridgehead atoms. The van der Waals surface area contributed by atoms with E-state index in [2.05, 4.69) is 16.4 Å². The zero-order valence-electron chi connectivity index (χ0n) is 15.4. The van der Waals surface area contributed by atoms with E-state index in [0.29, 0.717) is 27.3 Å². The summed E-state index contributed by atoms with van der Waals surface area (Å²) >= 11 is 6.34. The van der Waals surface area contributed by atoms with E-state index in [1.165, 1.54) is 11.8 Å². The fraction of sp³-hybridized carbons (Fsp3) is 0.143. The van der Waals surface area contributed by atoms with Crippen LogP contribution in [0.2, 0.25) is 0 Å². The molecule has 7 heteroatoms. The number of benzene rings is 2. The van der Waals surface area contributed by atoms with Crippen molar-refractivity contribution in [3.8, 4) is 22.6 Å². The van der Waals surface area contributed by atoms with Gasteiger partial charge in [0, 0.05) is 17.3 Å². The number of methoxy groups -OCH3 is 1. The number of carbonyl (C=O) groups excluding carboxylic acids is 1. The molecule has 1 saturated heterocycles. The molecule has 0 saturated carbocycles. The molecule has 0 unspecified atom stereocenters. The van der Waals surface area contributed by atoms with Crippen LogP contribution in [-0.2, 0) is 4.79 Å². The standard InChI is InChI=1S/C21H18N2O3S2/c1-3-26-17-9-12(10-18-20(24)23-21(27)28-18)8-15(19(17)25-2)13-4-5-16-14(11-13)6-7-22-16/h4-11,22H,3H2,1-2H3,(H,23,24,27). The van der Waals surface area contributed by atoms with Crippen molar-refractivity contribution in [3.05, 3.63) is 53.1 Å². The predicted octanol–water partition coefficient (Wildman–Crippen LogP) is 4.73. The third-order valence-corrected chi connectivity index (χ3v) is 5.55. The molecule has 5 nitrogen and oxygen atoms in total. The van der Waals surface area contributed by atoms with Gasteiger partial charge in [-0.25, -0.2) is 0 Å². The lowest BCUT2D eigenvalue weighted by Crippen LogP contribution is -2.17. The number of fused-ring (bicyclic) bond motifs is 1. The fourth-order valence-corrected chi connectivity index (χ4v) is 4.23. The van der Waals surface area contributed by atoms with Crippen molar-refractivity contribution in [2.24, 2.45) is 0 Å². The van der Waals surface area contributed by atoms with Gasteiger partial charge in [0.2, 0.25) is 0 Å². The van der Waals surface area contributed by atoms with Crippen molar-refractivity contribution >= 4 is 51.2 Å². The highest BCUT2D eigenvalue weighted by molar-refractivity contribution is 8.26. The number of hydrogen-bond donors (Lipinski definition) is 2. The van der Waals surface area contributed by atoms with Crippen molar-refractivity contribution in [3.63, 3.8) is 0 Å². The van der Waals surface area contributed by atoms with E-state index in [9.17, 15) is 4.79 Å². The highest BCUT2D eigenvalue weighted by atomic mass is 32.2. The number of thiocarbonyl (C=S) groups is 1. The fourth-order valence-electron chi connectivity index (χ4n) is 3.19. The highest BCUT2D eigenvalue weighted by Gasteiger charge is 2.23. The molecule has 1 aliphatic rings. The van der Waals surface area contributed by atoms with Crippen LogP contribution in [0.25, 0.3) is 28.1 Å². The number of aromatic nitrogens is 1. The average Bonchev–Trinajstić information content (AvgIpc) is 3.27. The van der Waals surface area contributed by atoms with Crippen LogP contribution in [0.4, 0.5) is 0 Å². The number of amides is 1. The number of H-pyrrole nitrogens is 1. The van der Waals surface area contributed by atoms with Crippen LogP contribution in [0.5, 0.6) is 11.5 Å². The Hall–Kier alpha value is -2.77. The van der Waals surface area contributed by atoms with Crippen molar-refractivity contribution in [1.82, 2.24) is 10.3 Å². The van der Waals surface area contributed by atoms with Gasteiger partial charge in [0.15, 0.2) is 11.5 Å². The molecule has 0 aliphatic carbocycles. The number of hydrogen-bond acceptors (Lipinski definition) is 5. The maximum atomic E-state index is 12.0. The van der Waals surface area contributed by atoms with Gasteiger partial charge in [-0.3, -0.25) is 4.79 Å². The molecule has 0 radical (unpaired) electrons. The first-order chi connectivity index (χ1) is 13.6. The number of ether oxygens (including phenoxy) is 2. The number of nitrogens with one attached hydrogen (secondary N) is 2. The molecular formula is C21H18N2O3S2. The largest absolute Gasteiger partial charge is 0.492 e. The van der Waals surface area contributed by atoms with E-state index in [1.807, 2.05) is 49.5 Å². The van der Waals surface area contributed by atoms with Crippen molar-refractivity contribution in [2.75, 3.05) is 13.7 Å². The second kappa shape index (κ2) is 7.69. The molecule has 1 fully saturated rings. The monoisotopic (exact) mass is 410 g/mol. The maximum Gasteiger partial charge on any atom is 0.263 e.